The third-order valence-corrected chi connectivity index (χ3v) is 6.27. The lowest BCUT2D eigenvalue weighted by atomic mass is 9.77. The first-order valence-electron chi connectivity index (χ1n) is 9.91. The van der Waals surface area contributed by atoms with Crippen LogP contribution in [-0.4, -0.2) is 38.8 Å². The number of aryl methyl sites for hydroxylation is 2. The van der Waals surface area contributed by atoms with Crippen LogP contribution in [0, 0.1) is 12.7 Å². The Morgan fingerprint density at radius 2 is 2.17 bits per heavy atom. The van der Waals surface area contributed by atoms with Gasteiger partial charge in [-0.15, -0.1) is 0 Å². The van der Waals surface area contributed by atoms with Crippen molar-refractivity contribution in [2.75, 3.05) is 13.1 Å². The Morgan fingerprint density at radius 3 is 3.03 bits per heavy atom. The van der Waals surface area contributed by atoms with E-state index in [4.69, 9.17) is 4.98 Å². The summed E-state index contributed by atoms with van der Waals surface area (Å²) in [4.78, 5) is 39.3. The molecule has 1 N–H and O–H groups in total. The van der Waals surface area contributed by atoms with E-state index in [-0.39, 0.29) is 33.3 Å². The highest BCUT2D eigenvalue weighted by molar-refractivity contribution is 5.95. The summed E-state index contributed by atoms with van der Waals surface area (Å²) in [6.07, 6.45) is 5.59. The second kappa shape index (κ2) is 6.47. The molecule has 5 rings (SSSR count). The molecule has 6 nitrogen and oxygen atoms in total. The van der Waals surface area contributed by atoms with Crippen LogP contribution in [0.3, 0.4) is 0 Å². The van der Waals surface area contributed by atoms with Gasteiger partial charge in [0.2, 0.25) is 0 Å². The van der Waals surface area contributed by atoms with E-state index in [0.29, 0.717) is 13.1 Å². The molecule has 2 aliphatic rings. The molecule has 1 aromatic carbocycles. The lowest BCUT2D eigenvalue weighted by Crippen LogP contribution is -2.48. The molecular weight excluding hydrogens is 371 g/mol. The summed E-state index contributed by atoms with van der Waals surface area (Å²) in [5.74, 6) is -0.0744. The molecule has 1 atom stereocenters. The Morgan fingerprint density at radius 1 is 1.31 bits per heavy atom. The average Bonchev–Trinajstić information content (AvgIpc) is 3.05. The molecule has 29 heavy (non-hydrogen) atoms. The van der Waals surface area contributed by atoms with E-state index < -0.39 is 5.82 Å². The van der Waals surface area contributed by atoms with Gasteiger partial charge in [-0.05, 0) is 50.3 Å². The normalized spacial score (nSPS) is 21.0. The van der Waals surface area contributed by atoms with E-state index in [0.717, 1.165) is 42.8 Å². The van der Waals surface area contributed by atoms with Crippen LogP contribution in [0.2, 0.25) is 0 Å². The summed E-state index contributed by atoms with van der Waals surface area (Å²) in [5.41, 5.74) is 1.89. The molecule has 7 heteroatoms. The fourth-order valence-corrected chi connectivity index (χ4v) is 4.85. The molecule has 148 valence electrons. The summed E-state index contributed by atoms with van der Waals surface area (Å²) >= 11 is 0. The van der Waals surface area contributed by atoms with Crippen molar-refractivity contribution in [2.45, 2.75) is 38.0 Å². The number of nitrogens with one attached hydrogen (secondary N) is 1. The zero-order valence-electron chi connectivity index (χ0n) is 16.2. The fourth-order valence-electron chi connectivity index (χ4n) is 4.85. The van der Waals surface area contributed by atoms with Gasteiger partial charge in [-0.3, -0.25) is 9.59 Å². The van der Waals surface area contributed by atoms with Gasteiger partial charge in [0.1, 0.15) is 17.3 Å². The number of aromatic nitrogens is 3. The van der Waals surface area contributed by atoms with Crippen LogP contribution in [0.1, 0.15) is 46.8 Å². The van der Waals surface area contributed by atoms with Crippen LogP contribution in [0.4, 0.5) is 4.39 Å². The van der Waals surface area contributed by atoms with Crippen LogP contribution >= 0.6 is 0 Å². The van der Waals surface area contributed by atoms with E-state index in [1.165, 1.54) is 18.2 Å². The van der Waals surface area contributed by atoms with Crippen molar-refractivity contribution in [2.24, 2.45) is 0 Å². The molecule has 1 fully saturated rings. The molecule has 1 spiro atoms. The number of hydrogen-bond donors (Lipinski definition) is 1. The summed E-state index contributed by atoms with van der Waals surface area (Å²) in [5, 5.41) is 0.244. The number of halogens is 1. The Balaban J connectivity index is 1.51. The molecule has 1 aliphatic heterocycles. The van der Waals surface area contributed by atoms with E-state index in [1.54, 1.807) is 11.0 Å². The Kier molecular flexibility index (Phi) is 4.01. The highest BCUT2D eigenvalue weighted by Gasteiger charge is 2.44. The molecule has 0 saturated carbocycles. The number of fused-ring (bicyclic) bond motifs is 3. The molecule has 0 radical (unpaired) electrons. The van der Waals surface area contributed by atoms with Crippen molar-refractivity contribution >= 4 is 16.8 Å². The zero-order valence-corrected chi connectivity index (χ0v) is 16.2. The van der Waals surface area contributed by atoms with Gasteiger partial charge in [-0.25, -0.2) is 14.4 Å². The molecule has 3 heterocycles. The minimum Gasteiger partial charge on any atom is -0.348 e. The van der Waals surface area contributed by atoms with Gasteiger partial charge < -0.3 is 9.88 Å². The molecule has 3 aromatic rings. The minimum absolute atomic E-state index is 0.0738. The molecule has 1 saturated heterocycles. The van der Waals surface area contributed by atoms with E-state index in [2.05, 4.69) is 9.97 Å². The van der Waals surface area contributed by atoms with Gasteiger partial charge in [0, 0.05) is 36.2 Å². The van der Waals surface area contributed by atoms with Crippen molar-refractivity contribution < 1.29 is 9.18 Å². The number of hydrogen-bond acceptors (Lipinski definition) is 4. The smallest absolute Gasteiger partial charge is 0.270 e. The number of para-hydroxylation sites is 1. The molecule has 1 amide bonds. The number of likely N-dealkylation sites (tertiary alicyclic amines) is 1. The highest BCUT2D eigenvalue weighted by Crippen LogP contribution is 2.44. The summed E-state index contributed by atoms with van der Waals surface area (Å²) in [6.45, 7) is 3.04. The van der Waals surface area contributed by atoms with Crippen LogP contribution in [-0.2, 0) is 11.8 Å². The van der Waals surface area contributed by atoms with Gasteiger partial charge >= 0.3 is 0 Å². The predicted octanol–water partition coefficient (Wildman–Crippen LogP) is 2.89. The van der Waals surface area contributed by atoms with Crippen LogP contribution in [0.15, 0.2) is 35.3 Å². The van der Waals surface area contributed by atoms with Crippen molar-refractivity contribution in [1.82, 2.24) is 19.9 Å². The van der Waals surface area contributed by atoms with E-state index in [1.807, 2.05) is 13.1 Å². The van der Waals surface area contributed by atoms with Crippen LogP contribution in [0.25, 0.3) is 10.9 Å². The van der Waals surface area contributed by atoms with Crippen molar-refractivity contribution in [3.63, 3.8) is 0 Å². The maximum absolute atomic E-state index is 14.2. The number of carbonyl (C=O) groups excluding carboxylic acids is 1. The Bertz CT molecular complexity index is 1200. The number of amides is 1. The minimum atomic E-state index is -0.541. The third kappa shape index (κ3) is 2.84. The molecular formula is C22H21FN4O2. The largest absolute Gasteiger partial charge is 0.348 e. The van der Waals surface area contributed by atoms with Crippen molar-refractivity contribution in [1.29, 1.82) is 0 Å². The second-order valence-electron chi connectivity index (χ2n) is 8.11. The highest BCUT2D eigenvalue weighted by atomic mass is 19.1. The van der Waals surface area contributed by atoms with Gasteiger partial charge in [0.15, 0.2) is 5.43 Å². The standard InChI is InChI=1S/C22H21FN4O2/c1-13-24-11-14-6-8-22(20(14)25-13)7-3-9-27(12-22)21(29)17-10-18(28)15-4-2-5-16(23)19(15)26-17/h2,4-5,10-11H,3,6-9,12H2,1H3,(H,26,28). The van der Waals surface area contributed by atoms with Gasteiger partial charge in [0.25, 0.3) is 5.91 Å². The summed E-state index contributed by atoms with van der Waals surface area (Å²) < 4.78 is 14.2. The van der Waals surface area contributed by atoms with Gasteiger partial charge in [-0.2, -0.15) is 0 Å². The lowest BCUT2D eigenvalue weighted by Gasteiger charge is -2.40. The lowest BCUT2D eigenvalue weighted by molar-refractivity contribution is 0.0627. The number of H-pyrrole nitrogens is 1. The third-order valence-electron chi connectivity index (χ3n) is 6.27. The van der Waals surface area contributed by atoms with Crippen LogP contribution in [0.5, 0.6) is 0 Å². The number of carbonyl (C=O) groups is 1. The first-order chi connectivity index (χ1) is 14.0. The first kappa shape index (κ1) is 18.0. The summed E-state index contributed by atoms with van der Waals surface area (Å²) in [6, 6.07) is 5.60. The number of piperidine rings is 1. The maximum atomic E-state index is 14.2. The van der Waals surface area contributed by atoms with Crippen molar-refractivity contribution in [3.05, 3.63) is 69.3 Å². The van der Waals surface area contributed by atoms with Crippen LogP contribution < -0.4 is 5.43 Å². The SMILES string of the molecule is Cc1ncc2c(n1)C1(CCCN(C(=O)c3cc(=O)c4cccc(F)c4[nH]3)C1)CC2. The molecule has 0 bridgehead atoms. The number of nitrogens with zero attached hydrogens (tertiary/aromatic N) is 3. The fraction of sp³-hybridized carbons (Fsp3) is 0.364. The van der Waals surface area contributed by atoms with Gasteiger partial charge in [0.05, 0.1) is 11.2 Å². The Hall–Kier alpha value is -3.09. The molecule has 2 aromatic heterocycles. The van der Waals surface area contributed by atoms with Gasteiger partial charge in [-0.1, -0.05) is 6.07 Å². The quantitative estimate of drug-likeness (QED) is 0.691. The predicted molar refractivity (Wildman–Crippen MR) is 106 cm³/mol. The maximum Gasteiger partial charge on any atom is 0.270 e. The monoisotopic (exact) mass is 392 g/mol. The molecule has 1 aliphatic carbocycles. The Labute approximate surface area is 166 Å². The zero-order chi connectivity index (χ0) is 20.2. The number of pyridine rings is 1. The van der Waals surface area contributed by atoms with E-state index >= 15 is 0 Å². The molecule has 1 unspecified atom stereocenters. The van der Waals surface area contributed by atoms with Crippen molar-refractivity contribution in [3.8, 4) is 0 Å². The first-order valence-corrected chi connectivity index (χ1v) is 9.91. The second-order valence-corrected chi connectivity index (χ2v) is 8.11. The average molecular weight is 392 g/mol. The number of benzene rings is 1. The number of aromatic amines is 1. The van der Waals surface area contributed by atoms with E-state index in [9.17, 15) is 14.0 Å². The number of rotatable bonds is 1. The summed E-state index contributed by atoms with van der Waals surface area (Å²) in [7, 11) is 0. The topological polar surface area (TPSA) is 79.0 Å².